The van der Waals surface area contributed by atoms with Crippen molar-refractivity contribution in [1.82, 2.24) is 0 Å². The van der Waals surface area contributed by atoms with Gasteiger partial charge >= 0.3 is 0 Å². The molecule has 0 aliphatic carbocycles. The molecule has 1 heterocycles. The first-order valence-corrected chi connectivity index (χ1v) is 8.48. The van der Waals surface area contributed by atoms with Gasteiger partial charge in [-0.05, 0) is 62.1 Å². The molecule has 1 aliphatic heterocycles. The van der Waals surface area contributed by atoms with Crippen LogP contribution in [0.1, 0.15) is 33.4 Å². The van der Waals surface area contributed by atoms with Crippen molar-refractivity contribution < 1.29 is 4.58 Å². The van der Waals surface area contributed by atoms with Crippen LogP contribution in [-0.2, 0) is 0 Å². The van der Waals surface area contributed by atoms with Gasteiger partial charge in [0.05, 0.1) is 11.1 Å². The Morgan fingerprint density at radius 1 is 0.880 bits per heavy atom. The van der Waals surface area contributed by atoms with Crippen LogP contribution in [-0.4, -0.2) is 24.0 Å². The van der Waals surface area contributed by atoms with Crippen molar-refractivity contribution in [2.45, 2.75) is 27.7 Å². The normalized spacial score (nSPS) is 13.4. The maximum atomic E-state index is 5.76. The molecule has 25 heavy (non-hydrogen) atoms. The Morgan fingerprint density at radius 2 is 1.48 bits per heavy atom. The molecule has 0 fully saturated rings. The average molecular weight is 327 g/mol. The fourth-order valence-electron chi connectivity index (χ4n) is 3.74. The Bertz CT molecular complexity index is 965. The highest BCUT2D eigenvalue weighted by molar-refractivity contribution is 5.83. The number of terminal acetylenes is 2. The summed E-state index contributed by atoms with van der Waals surface area (Å²) in [6.07, 6.45) is 13.7. The van der Waals surface area contributed by atoms with Crippen molar-refractivity contribution in [2.24, 2.45) is 0 Å². The van der Waals surface area contributed by atoms with E-state index < -0.39 is 0 Å². The van der Waals surface area contributed by atoms with E-state index in [0.29, 0.717) is 0 Å². The summed E-state index contributed by atoms with van der Waals surface area (Å²) in [7, 11) is 0. The van der Waals surface area contributed by atoms with E-state index in [4.69, 9.17) is 12.8 Å². The Labute approximate surface area is 150 Å². The smallest absolute Gasteiger partial charge is 0.228 e. The van der Waals surface area contributed by atoms with Gasteiger partial charge in [0.1, 0.15) is 24.5 Å². The molecule has 0 radical (unpaired) electrons. The van der Waals surface area contributed by atoms with Crippen LogP contribution in [0, 0.1) is 52.4 Å². The zero-order valence-corrected chi connectivity index (χ0v) is 15.4. The van der Waals surface area contributed by atoms with E-state index in [-0.39, 0.29) is 0 Å². The molecule has 2 aromatic rings. The van der Waals surface area contributed by atoms with Gasteiger partial charge in [-0.1, -0.05) is 24.0 Å². The van der Waals surface area contributed by atoms with Gasteiger partial charge < -0.3 is 0 Å². The second-order valence-corrected chi connectivity index (χ2v) is 6.75. The van der Waals surface area contributed by atoms with Crippen molar-refractivity contribution in [2.75, 3.05) is 18.0 Å². The van der Waals surface area contributed by atoms with Crippen LogP contribution in [0.5, 0.6) is 0 Å². The van der Waals surface area contributed by atoms with Crippen molar-refractivity contribution in [3.63, 3.8) is 0 Å². The lowest BCUT2D eigenvalue weighted by molar-refractivity contribution is -0.424. The highest BCUT2D eigenvalue weighted by Crippen LogP contribution is 2.30. The van der Waals surface area contributed by atoms with E-state index in [0.717, 1.165) is 35.6 Å². The van der Waals surface area contributed by atoms with Crippen molar-refractivity contribution >= 4 is 17.7 Å². The molecular formula is C23H23N2+. The summed E-state index contributed by atoms with van der Waals surface area (Å²) in [4.78, 5) is 2.24. The minimum atomic E-state index is 0.885. The number of rotatable bonds is 2. The molecule has 1 aliphatic rings. The zero-order valence-electron chi connectivity index (χ0n) is 15.4. The zero-order chi connectivity index (χ0) is 18.1. The van der Waals surface area contributed by atoms with Gasteiger partial charge in [-0.15, -0.1) is 12.8 Å². The molecule has 2 heteroatoms. The third kappa shape index (κ3) is 3.04. The average Bonchev–Trinajstić information content (AvgIpc) is 3.01. The molecule has 0 atom stereocenters. The van der Waals surface area contributed by atoms with E-state index in [2.05, 4.69) is 79.6 Å². The Hall–Kier alpha value is -2.97. The summed E-state index contributed by atoms with van der Waals surface area (Å²) < 4.78 is 2.24. The molecule has 0 amide bonds. The van der Waals surface area contributed by atoms with Crippen LogP contribution in [0.15, 0.2) is 24.3 Å². The lowest BCUT2D eigenvalue weighted by Gasteiger charge is -2.13. The SMILES string of the molecule is C#Cc1cc(C)cc(C)c1N1C=[N+](c2c(C)cc(C)cc2C#C)CC1. The first-order chi connectivity index (χ1) is 11.9. The molecule has 2 nitrogen and oxygen atoms in total. The van der Waals surface area contributed by atoms with Crippen LogP contribution in [0.3, 0.4) is 0 Å². The number of hydrogen-bond acceptors (Lipinski definition) is 1. The maximum absolute atomic E-state index is 5.76. The van der Waals surface area contributed by atoms with Crippen molar-refractivity contribution in [3.8, 4) is 24.7 Å². The van der Waals surface area contributed by atoms with Gasteiger partial charge in [-0.3, -0.25) is 0 Å². The third-order valence-corrected chi connectivity index (χ3v) is 4.64. The molecule has 0 bridgehead atoms. The fraction of sp³-hybridized carbons (Fsp3) is 0.261. The van der Waals surface area contributed by atoms with Crippen LogP contribution in [0.25, 0.3) is 0 Å². The molecule has 0 aromatic heterocycles. The highest BCUT2D eigenvalue weighted by Gasteiger charge is 2.28. The van der Waals surface area contributed by atoms with Crippen LogP contribution < -0.4 is 4.90 Å². The molecule has 0 N–H and O–H groups in total. The lowest BCUT2D eigenvalue weighted by Crippen LogP contribution is -2.20. The molecule has 0 spiro atoms. The Balaban J connectivity index is 2.09. The largest absolute Gasteiger partial charge is 0.244 e. The monoisotopic (exact) mass is 327 g/mol. The topological polar surface area (TPSA) is 6.25 Å². The van der Waals surface area contributed by atoms with Crippen LogP contribution >= 0.6 is 0 Å². The summed E-state index contributed by atoms with van der Waals surface area (Å²) >= 11 is 0. The van der Waals surface area contributed by atoms with E-state index in [1.54, 1.807) is 0 Å². The van der Waals surface area contributed by atoms with Gasteiger partial charge in [-0.25, -0.2) is 9.48 Å². The predicted octanol–water partition coefficient (Wildman–Crippen LogP) is 4.08. The molecule has 124 valence electrons. The number of nitrogens with zero attached hydrogens (tertiary/aromatic N) is 2. The molecule has 3 rings (SSSR count). The second kappa shape index (κ2) is 6.50. The van der Waals surface area contributed by atoms with Gasteiger partial charge in [0.2, 0.25) is 6.34 Å². The number of benzene rings is 2. The summed E-state index contributed by atoms with van der Waals surface area (Å²) in [6.45, 7) is 10.2. The van der Waals surface area contributed by atoms with E-state index in [1.807, 2.05) is 0 Å². The highest BCUT2D eigenvalue weighted by atomic mass is 15.3. The number of aryl methyl sites for hydroxylation is 4. The Morgan fingerprint density at radius 3 is 2.12 bits per heavy atom. The Kier molecular flexibility index (Phi) is 4.39. The number of anilines is 1. The lowest BCUT2D eigenvalue weighted by atomic mass is 10.0. The minimum absolute atomic E-state index is 0.885. The minimum Gasteiger partial charge on any atom is -0.228 e. The fourth-order valence-corrected chi connectivity index (χ4v) is 3.74. The van der Waals surface area contributed by atoms with Crippen LogP contribution in [0.4, 0.5) is 11.4 Å². The standard InChI is InChI=1S/C23H23N2/c1-7-20-13-16(3)11-18(5)22(20)24-9-10-25(15-24)23-19(6)12-17(4)14-21(23)8-2/h1-2,11-15H,9-10H2,3-6H3/q+1. The molecule has 0 saturated heterocycles. The van der Waals surface area contributed by atoms with Crippen molar-refractivity contribution in [3.05, 3.63) is 57.6 Å². The summed E-state index contributed by atoms with van der Waals surface area (Å²) in [5.41, 5.74) is 8.88. The predicted molar refractivity (Wildman–Crippen MR) is 106 cm³/mol. The first kappa shape index (κ1) is 16.9. The molecule has 2 aromatic carbocycles. The summed E-state index contributed by atoms with van der Waals surface area (Å²) in [6, 6.07) is 8.50. The van der Waals surface area contributed by atoms with Gasteiger partial charge in [0.15, 0.2) is 0 Å². The molecule has 0 saturated carbocycles. The summed E-state index contributed by atoms with van der Waals surface area (Å²) in [5.74, 6) is 5.68. The molecular weight excluding hydrogens is 304 g/mol. The maximum Gasteiger partial charge on any atom is 0.244 e. The third-order valence-electron chi connectivity index (χ3n) is 4.64. The van der Waals surface area contributed by atoms with Crippen LogP contribution in [0.2, 0.25) is 0 Å². The molecule has 0 unspecified atom stereocenters. The van der Waals surface area contributed by atoms with E-state index in [9.17, 15) is 0 Å². The van der Waals surface area contributed by atoms with E-state index >= 15 is 0 Å². The van der Waals surface area contributed by atoms with Crippen molar-refractivity contribution in [1.29, 1.82) is 0 Å². The second-order valence-electron chi connectivity index (χ2n) is 6.75. The van der Waals surface area contributed by atoms with Gasteiger partial charge in [-0.2, -0.15) is 0 Å². The van der Waals surface area contributed by atoms with Gasteiger partial charge in [0.25, 0.3) is 0 Å². The van der Waals surface area contributed by atoms with E-state index in [1.165, 1.54) is 22.3 Å². The number of hydrogen-bond donors (Lipinski definition) is 0. The quantitative estimate of drug-likeness (QED) is 0.595. The van der Waals surface area contributed by atoms with Gasteiger partial charge in [0, 0.05) is 0 Å². The summed E-state index contributed by atoms with van der Waals surface area (Å²) in [5, 5.41) is 0. The first-order valence-electron chi connectivity index (χ1n) is 8.48.